The minimum atomic E-state index is 0.950. The highest BCUT2D eigenvalue weighted by atomic mass is 14.3. The monoisotopic (exact) mass is 145 g/mol. The molecule has 0 atom stereocenters. The van der Waals surface area contributed by atoms with Gasteiger partial charge in [0, 0.05) is 12.0 Å². The molecule has 1 heteroatoms. The molecule has 0 N–H and O–H groups in total. The fourth-order valence-corrected chi connectivity index (χ4v) is 1.93. The first-order valence-electron chi connectivity index (χ1n) is 4.22. The second-order valence-electron chi connectivity index (χ2n) is 3.29. The van der Waals surface area contributed by atoms with Crippen LogP contribution >= 0.6 is 0 Å². The van der Waals surface area contributed by atoms with E-state index >= 15 is 0 Å². The Kier molecular flexibility index (Phi) is 1.54. The average molecular weight is 145 g/mol. The van der Waals surface area contributed by atoms with Gasteiger partial charge >= 0.3 is 0 Å². The number of hydrogen-bond acceptors (Lipinski definition) is 1. The third-order valence-electron chi connectivity index (χ3n) is 2.52. The predicted octanol–water partition coefficient (Wildman–Crippen LogP) is 2.71. The maximum atomic E-state index is 8.67. The number of nitrogens with zero attached hydrogens (tertiary/aromatic N) is 1. The van der Waals surface area contributed by atoms with Gasteiger partial charge in [0.1, 0.15) is 0 Å². The summed E-state index contributed by atoms with van der Waals surface area (Å²) in [5.41, 5.74) is 3.97. The standard InChI is InChI=1S/C10H11N/c11-7-8-5-9-3-1-2-4-10(9)6-8/h5H,1-4,6H2. The number of rotatable bonds is 0. The molecule has 0 unspecified atom stereocenters. The van der Waals surface area contributed by atoms with Crippen molar-refractivity contribution < 1.29 is 0 Å². The Morgan fingerprint density at radius 3 is 2.82 bits per heavy atom. The number of hydrogen-bond donors (Lipinski definition) is 0. The fourth-order valence-electron chi connectivity index (χ4n) is 1.93. The van der Waals surface area contributed by atoms with Crippen molar-refractivity contribution in [3.63, 3.8) is 0 Å². The van der Waals surface area contributed by atoms with Crippen LogP contribution in [0, 0.1) is 11.3 Å². The van der Waals surface area contributed by atoms with E-state index < -0.39 is 0 Å². The van der Waals surface area contributed by atoms with E-state index in [1.54, 1.807) is 0 Å². The lowest BCUT2D eigenvalue weighted by Gasteiger charge is -2.12. The molecule has 11 heavy (non-hydrogen) atoms. The van der Waals surface area contributed by atoms with Crippen LogP contribution in [0.5, 0.6) is 0 Å². The van der Waals surface area contributed by atoms with E-state index in [0.717, 1.165) is 12.0 Å². The van der Waals surface area contributed by atoms with Crippen LogP contribution in [0.15, 0.2) is 22.8 Å². The molecule has 0 aliphatic heterocycles. The maximum absolute atomic E-state index is 8.67. The van der Waals surface area contributed by atoms with Gasteiger partial charge in [0.25, 0.3) is 0 Å². The lowest BCUT2D eigenvalue weighted by Crippen LogP contribution is -1.93. The SMILES string of the molecule is N#CC1=CC2=C(CCCC2)C1. The summed E-state index contributed by atoms with van der Waals surface area (Å²) in [7, 11) is 0. The van der Waals surface area contributed by atoms with Crippen molar-refractivity contribution in [3.05, 3.63) is 22.8 Å². The average Bonchev–Trinajstić information content (AvgIpc) is 2.46. The van der Waals surface area contributed by atoms with Crippen molar-refractivity contribution in [1.82, 2.24) is 0 Å². The minimum Gasteiger partial charge on any atom is -0.193 e. The van der Waals surface area contributed by atoms with Crippen LogP contribution in [-0.2, 0) is 0 Å². The summed E-state index contributed by atoms with van der Waals surface area (Å²) >= 11 is 0. The highest BCUT2D eigenvalue weighted by molar-refractivity contribution is 5.45. The van der Waals surface area contributed by atoms with Gasteiger partial charge in [-0.1, -0.05) is 5.57 Å². The van der Waals surface area contributed by atoms with E-state index in [1.807, 2.05) is 0 Å². The molecule has 0 spiro atoms. The lowest BCUT2D eigenvalue weighted by molar-refractivity contribution is 0.680. The van der Waals surface area contributed by atoms with Crippen molar-refractivity contribution in [3.8, 4) is 6.07 Å². The van der Waals surface area contributed by atoms with Crippen LogP contribution in [0.4, 0.5) is 0 Å². The molecule has 2 aliphatic rings. The van der Waals surface area contributed by atoms with E-state index in [0.29, 0.717) is 0 Å². The molecular formula is C10H11N. The van der Waals surface area contributed by atoms with Gasteiger partial charge in [-0.25, -0.2) is 0 Å². The minimum absolute atomic E-state index is 0.950. The Morgan fingerprint density at radius 2 is 2.09 bits per heavy atom. The van der Waals surface area contributed by atoms with E-state index in [1.165, 1.54) is 36.8 Å². The van der Waals surface area contributed by atoms with Gasteiger partial charge in [0.05, 0.1) is 6.07 Å². The zero-order chi connectivity index (χ0) is 7.68. The first kappa shape index (κ1) is 6.67. The molecule has 1 nitrogen and oxygen atoms in total. The molecule has 0 bridgehead atoms. The van der Waals surface area contributed by atoms with Gasteiger partial charge in [-0.2, -0.15) is 5.26 Å². The van der Waals surface area contributed by atoms with Crippen LogP contribution in [0.1, 0.15) is 32.1 Å². The molecule has 2 aliphatic carbocycles. The van der Waals surface area contributed by atoms with E-state index in [4.69, 9.17) is 5.26 Å². The molecule has 0 saturated heterocycles. The van der Waals surface area contributed by atoms with Gasteiger partial charge in [-0.15, -0.1) is 0 Å². The first-order chi connectivity index (χ1) is 5.40. The summed E-state index contributed by atoms with van der Waals surface area (Å²) < 4.78 is 0. The van der Waals surface area contributed by atoms with Crippen molar-refractivity contribution in [2.75, 3.05) is 0 Å². The number of nitriles is 1. The van der Waals surface area contributed by atoms with Crippen LogP contribution in [0.3, 0.4) is 0 Å². The van der Waals surface area contributed by atoms with Crippen molar-refractivity contribution in [1.29, 1.82) is 5.26 Å². The topological polar surface area (TPSA) is 23.8 Å². The Morgan fingerprint density at radius 1 is 1.27 bits per heavy atom. The highest BCUT2D eigenvalue weighted by Crippen LogP contribution is 2.35. The lowest BCUT2D eigenvalue weighted by atomic mass is 9.94. The maximum Gasteiger partial charge on any atom is 0.0950 e. The fraction of sp³-hybridized carbons (Fsp3) is 0.500. The quantitative estimate of drug-likeness (QED) is 0.514. The summed E-state index contributed by atoms with van der Waals surface area (Å²) in [5.74, 6) is 0. The molecule has 0 aromatic heterocycles. The molecule has 0 amide bonds. The van der Waals surface area contributed by atoms with E-state index in [9.17, 15) is 0 Å². The molecular weight excluding hydrogens is 134 g/mol. The van der Waals surface area contributed by atoms with Crippen LogP contribution in [-0.4, -0.2) is 0 Å². The van der Waals surface area contributed by atoms with E-state index in [2.05, 4.69) is 12.1 Å². The van der Waals surface area contributed by atoms with Gasteiger partial charge in [0.15, 0.2) is 0 Å². The Labute approximate surface area is 67.0 Å². The summed E-state index contributed by atoms with van der Waals surface area (Å²) in [5, 5.41) is 8.67. The van der Waals surface area contributed by atoms with Gasteiger partial charge in [0.2, 0.25) is 0 Å². The van der Waals surface area contributed by atoms with Crippen LogP contribution < -0.4 is 0 Å². The molecule has 0 aromatic carbocycles. The van der Waals surface area contributed by atoms with Crippen molar-refractivity contribution >= 4 is 0 Å². The normalized spacial score (nSPS) is 22.6. The second-order valence-corrected chi connectivity index (χ2v) is 3.29. The van der Waals surface area contributed by atoms with Gasteiger partial charge < -0.3 is 0 Å². The highest BCUT2D eigenvalue weighted by Gasteiger charge is 2.17. The summed E-state index contributed by atoms with van der Waals surface area (Å²) in [6.45, 7) is 0. The Bertz CT molecular complexity index is 276. The Balaban J connectivity index is 2.22. The summed E-state index contributed by atoms with van der Waals surface area (Å²) in [6.07, 6.45) is 8.12. The first-order valence-corrected chi connectivity index (χ1v) is 4.22. The largest absolute Gasteiger partial charge is 0.193 e. The molecule has 0 heterocycles. The molecule has 2 rings (SSSR count). The third-order valence-corrected chi connectivity index (χ3v) is 2.52. The van der Waals surface area contributed by atoms with Gasteiger partial charge in [-0.05, 0) is 37.3 Å². The molecule has 0 aromatic rings. The van der Waals surface area contributed by atoms with Crippen molar-refractivity contribution in [2.24, 2.45) is 0 Å². The molecule has 56 valence electrons. The summed E-state index contributed by atoms with van der Waals surface area (Å²) in [4.78, 5) is 0. The molecule has 0 fully saturated rings. The molecule has 0 radical (unpaired) electrons. The van der Waals surface area contributed by atoms with E-state index in [-0.39, 0.29) is 0 Å². The predicted molar refractivity (Wildman–Crippen MR) is 43.8 cm³/mol. The zero-order valence-corrected chi connectivity index (χ0v) is 6.56. The summed E-state index contributed by atoms with van der Waals surface area (Å²) in [6, 6.07) is 2.24. The third kappa shape index (κ3) is 1.09. The molecule has 0 saturated carbocycles. The van der Waals surface area contributed by atoms with Crippen LogP contribution in [0.2, 0.25) is 0 Å². The second kappa shape index (κ2) is 2.54. The van der Waals surface area contributed by atoms with Gasteiger partial charge in [-0.3, -0.25) is 0 Å². The van der Waals surface area contributed by atoms with Crippen molar-refractivity contribution in [2.45, 2.75) is 32.1 Å². The smallest absolute Gasteiger partial charge is 0.0950 e. The van der Waals surface area contributed by atoms with Crippen LogP contribution in [0.25, 0.3) is 0 Å². The number of allylic oxidation sites excluding steroid dienone is 4. The Hall–Kier alpha value is -1.03. The zero-order valence-electron chi connectivity index (χ0n) is 6.56.